The van der Waals surface area contributed by atoms with E-state index in [-0.39, 0.29) is 5.54 Å². The minimum Gasteiger partial charge on any atom is -0.378 e. The molecule has 0 aromatic carbocycles. The van der Waals surface area contributed by atoms with Gasteiger partial charge in [-0.05, 0) is 32.6 Å². The SMILES string of the molecule is CCC1COCCN1CCC(C)(C#N)NC1CC1. The lowest BCUT2D eigenvalue weighted by Gasteiger charge is -2.36. The van der Waals surface area contributed by atoms with Crippen LogP contribution in [0, 0.1) is 11.3 Å². The van der Waals surface area contributed by atoms with Crippen molar-refractivity contribution in [1.82, 2.24) is 10.2 Å². The Balaban J connectivity index is 1.82. The summed E-state index contributed by atoms with van der Waals surface area (Å²) >= 11 is 0. The summed E-state index contributed by atoms with van der Waals surface area (Å²) in [6.07, 6.45) is 4.48. The molecule has 0 bridgehead atoms. The highest BCUT2D eigenvalue weighted by molar-refractivity contribution is 5.07. The molecule has 1 heterocycles. The zero-order chi connectivity index (χ0) is 13.0. The van der Waals surface area contributed by atoms with Crippen LogP contribution >= 0.6 is 0 Å². The molecule has 1 aliphatic heterocycles. The molecule has 2 rings (SSSR count). The summed E-state index contributed by atoms with van der Waals surface area (Å²) in [6, 6.07) is 3.57. The van der Waals surface area contributed by atoms with Gasteiger partial charge in [0.2, 0.25) is 0 Å². The van der Waals surface area contributed by atoms with E-state index in [4.69, 9.17) is 4.74 Å². The lowest BCUT2D eigenvalue weighted by molar-refractivity contribution is -0.0109. The van der Waals surface area contributed by atoms with E-state index >= 15 is 0 Å². The van der Waals surface area contributed by atoms with Crippen LogP contribution in [-0.2, 0) is 4.74 Å². The third kappa shape index (κ3) is 3.68. The number of nitriles is 1. The normalized spacial score (nSPS) is 28.6. The largest absolute Gasteiger partial charge is 0.378 e. The van der Waals surface area contributed by atoms with Crippen molar-refractivity contribution in [2.75, 3.05) is 26.3 Å². The van der Waals surface area contributed by atoms with Gasteiger partial charge in [0, 0.05) is 25.2 Å². The van der Waals surface area contributed by atoms with E-state index in [9.17, 15) is 5.26 Å². The molecule has 2 unspecified atom stereocenters. The maximum Gasteiger partial charge on any atom is 0.105 e. The molecule has 0 spiro atoms. The van der Waals surface area contributed by atoms with E-state index in [0.29, 0.717) is 12.1 Å². The molecular formula is C14H25N3O. The molecule has 18 heavy (non-hydrogen) atoms. The Bertz CT molecular complexity index is 311. The number of nitrogens with zero attached hydrogens (tertiary/aromatic N) is 2. The Labute approximate surface area is 110 Å². The first-order valence-electron chi connectivity index (χ1n) is 7.17. The predicted octanol–water partition coefficient (Wildman–Crippen LogP) is 1.52. The molecule has 1 aliphatic carbocycles. The molecule has 0 radical (unpaired) electrons. The quantitative estimate of drug-likeness (QED) is 0.777. The highest BCUT2D eigenvalue weighted by Crippen LogP contribution is 2.24. The summed E-state index contributed by atoms with van der Waals surface area (Å²) < 4.78 is 5.51. The number of rotatable bonds is 6. The van der Waals surface area contributed by atoms with Crippen LogP contribution in [0.4, 0.5) is 0 Å². The van der Waals surface area contributed by atoms with E-state index in [2.05, 4.69) is 23.2 Å². The van der Waals surface area contributed by atoms with Crippen molar-refractivity contribution in [3.63, 3.8) is 0 Å². The first-order valence-corrected chi connectivity index (χ1v) is 7.17. The number of hydrogen-bond acceptors (Lipinski definition) is 4. The summed E-state index contributed by atoms with van der Waals surface area (Å²) in [5.74, 6) is 0. The molecule has 0 amide bonds. The first kappa shape index (κ1) is 13.8. The van der Waals surface area contributed by atoms with Gasteiger partial charge in [0.15, 0.2) is 0 Å². The second-order valence-corrected chi connectivity index (χ2v) is 5.79. The van der Waals surface area contributed by atoms with Crippen molar-refractivity contribution < 1.29 is 4.74 Å². The molecule has 102 valence electrons. The molecule has 1 N–H and O–H groups in total. The van der Waals surface area contributed by atoms with Crippen LogP contribution in [0.2, 0.25) is 0 Å². The Morgan fingerprint density at radius 3 is 2.89 bits per heavy atom. The second kappa shape index (κ2) is 6.01. The minimum absolute atomic E-state index is 0.363. The maximum absolute atomic E-state index is 9.36. The van der Waals surface area contributed by atoms with E-state index in [1.807, 2.05) is 6.92 Å². The summed E-state index contributed by atoms with van der Waals surface area (Å²) in [4.78, 5) is 2.48. The maximum atomic E-state index is 9.36. The summed E-state index contributed by atoms with van der Waals surface area (Å²) in [6.45, 7) is 7.91. The molecule has 0 aromatic heterocycles. The van der Waals surface area contributed by atoms with Crippen LogP contribution < -0.4 is 5.32 Å². The molecule has 2 fully saturated rings. The fraction of sp³-hybridized carbons (Fsp3) is 0.929. The molecule has 2 aliphatic rings. The molecule has 1 saturated carbocycles. The fourth-order valence-corrected chi connectivity index (χ4v) is 2.57. The zero-order valence-corrected chi connectivity index (χ0v) is 11.6. The van der Waals surface area contributed by atoms with Gasteiger partial charge < -0.3 is 4.74 Å². The van der Waals surface area contributed by atoms with Gasteiger partial charge in [0.1, 0.15) is 5.54 Å². The summed E-state index contributed by atoms with van der Waals surface area (Å²) in [7, 11) is 0. The van der Waals surface area contributed by atoms with E-state index in [1.54, 1.807) is 0 Å². The van der Waals surface area contributed by atoms with Gasteiger partial charge in [0.25, 0.3) is 0 Å². The smallest absolute Gasteiger partial charge is 0.105 e. The van der Waals surface area contributed by atoms with Crippen molar-refractivity contribution in [3.8, 4) is 6.07 Å². The molecule has 4 nitrogen and oxygen atoms in total. The molecular weight excluding hydrogens is 226 g/mol. The lowest BCUT2D eigenvalue weighted by atomic mass is 9.98. The standard InChI is InChI=1S/C14H25N3O/c1-3-13-10-18-9-8-17(13)7-6-14(2,11-15)16-12-4-5-12/h12-13,16H,3-10H2,1-2H3. The van der Waals surface area contributed by atoms with Crippen molar-refractivity contribution in [3.05, 3.63) is 0 Å². The van der Waals surface area contributed by atoms with Crippen molar-refractivity contribution >= 4 is 0 Å². The molecule has 0 aromatic rings. The Kier molecular flexibility index (Phi) is 4.60. The average molecular weight is 251 g/mol. The fourth-order valence-electron chi connectivity index (χ4n) is 2.57. The van der Waals surface area contributed by atoms with Crippen LogP contribution in [-0.4, -0.2) is 48.8 Å². The number of hydrogen-bond donors (Lipinski definition) is 1. The Morgan fingerprint density at radius 1 is 1.50 bits per heavy atom. The summed E-state index contributed by atoms with van der Waals surface area (Å²) in [5.41, 5.74) is -0.363. The van der Waals surface area contributed by atoms with Gasteiger partial charge in [-0.25, -0.2) is 0 Å². The van der Waals surface area contributed by atoms with Crippen LogP contribution in [0.15, 0.2) is 0 Å². The highest BCUT2D eigenvalue weighted by atomic mass is 16.5. The molecule has 1 saturated heterocycles. The third-order valence-electron chi connectivity index (χ3n) is 4.07. The first-order chi connectivity index (χ1) is 8.67. The second-order valence-electron chi connectivity index (χ2n) is 5.79. The number of ether oxygens (including phenoxy) is 1. The van der Waals surface area contributed by atoms with Crippen molar-refractivity contribution in [2.45, 2.75) is 57.2 Å². The van der Waals surface area contributed by atoms with Gasteiger partial charge in [0.05, 0.1) is 19.3 Å². The highest BCUT2D eigenvalue weighted by Gasteiger charge is 2.33. The van der Waals surface area contributed by atoms with Gasteiger partial charge in [-0.1, -0.05) is 6.92 Å². The zero-order valence-electron chi connectivity index (χ0n) is 11.6. The van der Waals surface area contributed by atoms with Crippen LogP contribution in [0.5, 0.6) is 0 Å². The van der Waals surface area contributed by atoms with Gasteiger partial charge >= 0.3 is 0 Å². The average Bonchev–Trinajstić information content (AvgIpc) is 3.20. The van der Waals surface area contributed by atoms with E-state index in [1.165, 1.54) is 12.8 Å². The molecule has 4 heteroatoms. The van der Waals surface area contributed by atoms with Crippen LogP contribution in [0.25, 0.3) is 0 Å². The number of morpholine rings is 1. The number of nitrogens with one attached hydrogen (secondary N) is 1. The summed E-state index contributed by atoms with van der Waals surface area (Å²) in [5, 5.41) is 12.8. The topological polar surface area (TPSA) is 48.3 Å². The monoisotopic (exact) mass is 251 g/mol. The molecule has 2 atom stereocenters. The van der Waals surface area contributed by atoms with Crippen molar-refractivity contribution in [2.24, 2.45) is 0 Å². The lowest BCUT2D eigenvalue weighted by Crippen LogP contribution is -2.50. The van der Waals surface area contributed by atoms with Gasteiger partial charge in [-0.15, -0.1) is 0 Å². The third-order valence-corrected chi connectivity index (χ3v) is 4.07. The minimum atomic E-state index is -0.363. The Hall–Kier alpha value is -0.630. The van der Waals surface area contributed by atoms with Gasteiger partial charge in [-0.3, -0.25) is 10.2 Å². The van der Waals surface area contributed by atoms with Gasteiger partial charge in [-0.2, -0.15) is 5.26 Å². The van der Waals surface area contributed by atoms with Crippen molar-refractivity contribution in [1.29, 1.82) is 5.26 Å². The Morgan fingerprint density at radius 2 is 2.28 bits per heavy atom. The van der Waals surface area contributed by atoms with Crippen LogP contribution in [0.3, 0.4) is 0 Å². The predicted molar refractivity (Wildman–Crippen MR) is 71.3 cm³/mol. The van der Waals surface area contributed by atoms with Crippen LogP contribution in [0.1, 0.15) is 39.5 Å². The van der Waals surface area contributed by atoms with E-state index in [0.717, 1.165) is 39.1 Å². The van der Waals surface area contributed by atoms with E-state index < -0.39 is 0 Å².